The molecule has 1 aromatic carbocycles. The molecule has 2 N–H and O–H groups in total. The van der Waals surface area contributed by atoms with Crippen LogP contribution in [0.5, 0.6) is 0 Å². The normalized spacial score (nSPS) is 14.1. The fourth-order valence-corrected chi connectivity index (χ4v) is 3.47. The predicted molar refractivity (Wildman–Crippen MR) is 103 cm³/mol. The number of carbonyl (C=O) groups is 2. The molecule has 0 aliphatic carbocycles. The molecule has 0 spiro atoms. The molecule has 1 aromatic heterocycles. The Balaban J connectivity index is 1.98. The van der Waals surface area contributed by atoms with E-state index in [4.69, 9.17) is 15.2 Å². The highest BCUT2D eigenvalue weighted by atomic mass is 16.6. The highest BCUT2D eigenvalue weighted by Gasteiger charge is 2.30. The summed E-state index contributed by atoms with van der Waals surface area (Å²) in [7, 11) is 0. The highest BCUT2D eigenvalue weighted by Crippen LogP contribution is 2.33. The average molecular weight is 373 g/mol. The van der Waals surface area contributed by atoms with E-state index in [0.29, 0.717) is 31.8 Å². The number of amides is 1. The smallest absolute Gasteiger partial charge is 0.410 e. The summed E-state index contributed by atoms with van der Waals surface area (Å²) >= 11 is 0. The quantitative estimate of drug-likeness (QED) is 0.660. The number of ether oxygens (including phenoxy) is 2. The second kappa shape index (κ2) is 7.13. The van der Waals surface area contributed by atoms with Crippen LogP contribution in [0.4, 0.5) is 10.5 Å². The molecule has 0 atom stereocenters. The van der Waals surface area contributed by atoms with Gasteiger partial charge in [-0.25, -0.2) is 4.79 Å². The number of benzene rings is 1. The number of nitrogen functional groups attached to an aromatic ring is 1. The maximum atomic E-state index is 12.5. The summed E-state index contributed by atoms with van der Waals surface area (Å²) in [6.07, 6.45) is 0.311. The minimum absolute atomic E-state index is 0.149. The molecule has 146 valence electrons. The molecule has 0 radical (unpaired) electrons. The maximum absolute atomic E-state index is 12.5. The molecule has 1 aliphatic heterocycles. The Morgan fingerprint density at radius 1 is 1.26 bits per heavy atom. The van der Waals surface area contributed by atoms with Gasteiger partial charge in [0.1, 0.15) is 12.1 Å². The minimum atomic E-state index is -0.542. The Bertz CT molecular complexity index is 879. The second-order valence-corrected chi connectivity index (χ2v) is 7.74. The molecule has 0 saturated carbocycles. The molecule has 1 amide bonds. The lowest BCUT2D eigenvalue weighted by molar-refractivity contribution is -0.143. The third-order valence-electron chi connectivity index (χ3n) is 4.52. The van der Waals surface area contributed by atoms with Crippen LogP contribution in [0.1, 0.15) is 39.0 Å². The van der Waals surface area contributed by atoms with Crippen molar-refractivity contribution in [1.82, 2.24) is 9.47 Å². The largest absolute Gasteiger partial charge is 0.465 e. The van der Waals surface area contributed by atoms with Crippen molar-refractivity contribution in [1.29, 1.82) is 0 Å². The van der Waals surface area contributed by atoms with E-state index in [0.717, 1.165) is 22.2 Å². The summed E-state index contributed by atoms with van der Waals surface area (Å²) in [5.74, 6) is -0.274. The number of anilines is 1. The zero-order valence-corrected chi connectivity index (χ0v) is 16.4. The van der Waals surface area contributed by atoms with Gasteiger partial charge in [-0.1, -0.05) is 0 Å². The van der Waals surface area contributed by atoms with Gasteiger partial charge >= 0.3 is 12.1 Å². The van der Waals surface area contributed by atoms with Crippen molar-refractivity contribution in [2.45, 2.75) is 52.8 Å². The first-order valence-corrected chi connectivity index (χ1v) is 9.22. The number of nitrogens with zero attached hydrogens (tertiary/aromatic N) is 2. The molecule has 0 bridgehead atoms. The van der Waals surface area contributed by atoms with Crippen LogP contribution in [-0.2, 0) is 33.8 Å². The zero-order valence-electron chi connectivity index (χ0n) is 16.4. The summed E-state index contributed by atoms with van der Waals surface area (Å²) in [6, 6.07) is 5.63. The van der Waals surface area contributed by atoms with Crippen molar-refractivity contribution in [2.24, 2.45) is 0 Å². The summed E-state index contributed by atoms with van der Waals surface area (Å²) in [4.78, 5) is 26.3. The van der Waals surface area contributed by atoms with Gasteiger partial charge < -0.3 is 24.7 Å². The SMILES string of the molecule is CCOC(=O)Cn1c2c(c3cc(N)ccc31)CN(C(=O)OC(C)(C)C)CC2. The predicted octanol–water partition coefficient (Wildman–Crippen LogP) is 3.08. The van der Waals surface area contributed by atoms with Gasteiger partial charge in [0.15, 0.2) is 0 Å². The first-order valence-electron chi connectivity index (χ1n) is 9.22. The highest BCUT2D eigenvalue weighted by molar-refractivity contribution is 5.90. The van der Waals surface area contributed by atoms with Crippen molar-refractivity contribution >= 4 is 28.7 Å². The van der Waals surface area contributed by atoms with Crippen molar-refractivity contribution in [2.75, 3.05) is 18.9 Å². The minimum Gasteiger partial charge on any atom is -0.465 e. The van der Waals surface area contributed by atoms with Gasteiger partial charge in [0.05, 0.1) is 13.2 Å². The van der Waals surface area contributed by atoms with E-state index in [1.165, 1.54) is 0 Å². The molecule has 27 heavy (non-hydrogen) atoms. The van der Waals surface area contributed by atoms with Crippen LogP contribution in [-0.4, -0.2) is 40.3 Å². The van der Waals surface area contributed by atoms with Crippen LogP contribution in [0.3, 0.4) is 0 Å². The Morgan fingerprint density at radius 2 is 2.00 bits per heavy atom. The standard InChI is InChI=1S/C20H27N3O4/c1-5-26-18(24)12-23-16-7-6-13(21)10-14(16)15-11-22(9-8-17(15)23)19(25)27-20(2,3)4/h6-7,10H,5,8-9,11-12,21H2,1-4H3. The molecule has 0 fully saturated rings. The first-order chi connectivity index (χ1) is 12.7. The molecule has 1 aliphatic rings. The van der Waals surface area contributed by atoms with E-state index in [1.807, 2.05) is 43.5 Å². The Kier molecular flexibility index (Phi) is 5.04. The Hall–Kier alpha value is -2.70. The van der Waals surface area contributed by atoms with Crippen molar-refractivity contribution < 1.29 is 19.1 Å². The summed E-state index contributed by atoms with van der Waals surface area (Å²) in [6.45, 7) is 8.82. The molecule has 0 unspecified atom stereocenters. The van der Waals surface area contributed by atoms with Crippen LogP contribution >= 0.6 is 0 Å². The third-order valence-corrected chi connectivity index (χ3v) is 4.52. The van der Waals surface area contributed by atoms with E-state index in [9.17, 15) is 9.59 Å². The van der Waals surface area contributed by atoms with Crippen LogP contribution in [0, 0.1) is 0 Å². The maximum Gasteiger partial charge on any atom is 0.410 e. The van der Waals surface area contributed by atoms with E-state index in [1.54, 1.807) is 11.8 Å². The monoisotopic (exact) mass is 373 g/mol. The topological polar surface area (TPSA) is 86.8 Å². The molecular formula is C20H27N3O4. The number of nitrogens with two attached hydrogens (primary N) is 1. The van der Waals surface area contributed by atoms with Crippen LogP contribution in [0.25, 0.3) is 10.9 Å². The van der Waals surface area contributed by atoms with Gasteiger partial charge in [-0.15, -0.1) is 0 Å². The van der Waals surface area contributed by atoms with E-state index in [2.05, 4.69) is 0 Å². The lowest BCUT2D eigenvalue weighted by Crippen LogP contribution is -2.40. The number of carbonyl (C=O) groups excluding carboxylic acids is 2. The van der Waals surface area contributed by atoms with E-state index in [-0.39, 0.29) is 18.6 Å². The molecule has 7 heteroatoms. The van der Waals surface area contributed by atoms with Gasteiger partial charge in [0, 0.05) is 40.8 Å². The first kappa shape index (κ1) is 19.1. The number of fused-ring (bicyclic) bond motifs is 3. The van der Waals surface area contributed by atoms with Gasteiger partial charge in [0.25, 0.3) is 0 Å². The number of aromatic nitrogens is 1. The number of hydrogen-bond donors (Lipinski definition) is 1. The molecule has 0 saturated heterocycles. The van der Waals surface area contributed by atoms with Crippen LogP contribution in [0.15, 0.2) is 18.2 Å². The lowest BCUT2D eigenvalue weighted by Gasteiger charge is -2.30. The molecule has 2 aromatic rings. The van der Waals surface area contributed by atoms with E-state index >= 15 is 0 Å². The molecule has 2 heterocycles. The number of hydrogen-bond acceptors (Lipinski definition) is 5. The lowest BCUT2D eigenvalue weighted by atomic mass is 10.0. The van der Waals surface area contributed by atoms with Crippen molar-refractivity contribution in [3.8, 4) is 0 Å². The summed E-state index contributed by atoms with van der Waals surface area (Å²) < 4.78 is 12.6. The second-order valence-electron chi connectivity index (χ2n) is 7.74. The number of rotatable bonds is 3. The molecule has 7 nitrogen and oxygen atoms in total. The Labute approximate surface area is 159 Å². The van der Waals surface area contributed by atoms with Gasteiger partial charge in [-0.05, 0) is 45.9 Å². The van der Waals surface area contributed by atoms with E-state index < -0.39 is 5.60 Å². The van der Waals surface area contributed by atoms with Gasteiger partial charge in [-0.2, -0.15) is 0 Å². The summed E-state index contributed by atoms with van der Waals surface area (Å²) in [5, 5.41) is 0.961. The fourth-order valence-electron chi connectivity index (χ4n) is 3.47. The van der Waals surface area contributed by atoms with Crippen molar-refractivity contribution in [3.63, 3.8) is 0 Å². The van der Waals surface area contributed by atoms with Gasteiger partial charge in [-0.3, -0.25) is 4.79 Å². The fraction of sp³-hybridized carbons (Fsp3) is 0.500. The number of esters is 1. The third kappa shape index (κ3) is 4.02. The zero-order chi connectivity index (χ0) is 19.8. The average Bonchev–Trinajstić information content (AvgIpc) is 2.86. The van der Waals surface area contributed by atoms with Gasteiger partial charge in [0.2, 0.25) is 0 Å². The Morgan fingerprint density at radius 3 is 2.67 bits per heavy atom. The van der Waals surface area contributed by atoms with Crippen LogP contribution < -0.4 is 5.73 Å². The molecule has 3 rings (SSSR count). The van der Waals surface area contributed by atoms with Crippen molar-refractivity contribution in [3.05, 3.63) is 29.5 Å². The van der Waals surface area contributed by atoms with Crippen LogP contribution in [0.2, 0.25) is 0 Å². The summed E-state index contributed by atoms with van der Waals surface area (Å²) in [5.41, 5.74) is 9.07. The molecular weight excluding hydrogens is 346 g/mol.